The van der Waals surface area contributed by atoms with Gasteiger partial charge in [0.2, 0.25) is 0 Å². The van der Waals surface area contributed by atoms with Gasteiger partial charge in [-0.3, -0.25) is 4.90 Å². The van der Waals surface area contributed by atoms with Gasteiger partial charge in [0.25, 0.3) is 0 Å². The van der Waals surface area contributed by atoms with Gasteiger partial charge in [-0.2, -0.15) is 0 Å². The molecule has 1 aliphatic rings. The second-order valence-electron chi connectivity index (χ2n) is 5.32. The van der Waals surface area contributed by atoms with E-state index < -0.39 is 0 Å². The first kappa shape index (κ1) is 14.9. The molecule has 0 saturated carbocycles. The quantitative estimate of drug-likeness (QED) is 0.727. The molecule has 1 aliphatic heterocycles. The average Bonchev–Trinajstić information content (AvgIpc) is 2.76. The molecule has 0 aromatic heterocycles. The fraction of sp³-hybridized carbons (Fsp3) is 1.00. The third-order valence-corrected chi connectivity index (χ3v) is 3.82. The SMILES string of the molecule is CCNC(CN1CCC(OC)C1)C(C)(C)OC. The Hall–Kier alpha value is -0.160. The van der Waals surface area contributed by atoms with Crippen molar-refractivity contribution in [3.63, 3.8) is 0 Å². The molecule has 0 amide bonds. The van der Waals surface area contributed by atoms with Crippen molar-refractivity contribution in [2.75, 3.05) is 40.4 Å². The lowest BCUT2D eigenvalue weighted by Gasteiger charge is -2.36. The minimum atomic E-state index is -0.138. The molecule has 17 heavy (non-hydrogen) atoms. The molecule has 0 aliphatic carbocycles. The highest BCUT2D eigenvalue weighted by Gasteiger charge is 2.32. The number of nitrogens with zero attached hydrogens (tertiary/aromatic N) is 1. The molecule has 0 spiro atoms. The van der Waals surface area contributed by atoms with Gasteiger partial charge in [-0.05, 0) is 26.8 Å². The number of hydrogen-bond donors (Lipinski definition) is 1. The standard InChI is InChI=1S/C13H28N2O2/c1-6-14-12(13(2,3)17-5)10-15-8-7-11(9-15)16-4/h11-12,14H,6-10H2,1-5H3. The third-order valence-electron chi connectivity index (χ3n) is 3.82. The van der Waals surface area contributed by atoms with Crippen LogP contribution in [0.3, 0.4) is 0 Å². The summed E-state index contributed by atoms with van der Waals surface area (Å²) in [6, 6.07) is 0.355. The van der Waals surface area contributed by atoms with Crippen LogP contribution in [-0.4, -0.2) is 63.0 Å². The minimum Gasteiger partial charge on any atom is -0.380 e. The van der Waals surface area contributed by atoms with Crippen molar-refractivity contribution in [1.82, 2.24) is 10.2 Å². The van der Waals surface area contributed by atoms with Crippen LogP contribution in [-0.2, 0) is 9.47 Å². The molecule has 2 atom stereocenters. The summed E-state index contributed by atoms with van der Waals surface area (Å²) in [5.41, 5.74) is -0.138. The predicted molar refractivity (Wildman–Crippen MR) is 70.4 cm³/mol. The molecular formula is C13H28N2O2. The number of likely N-dealkylation sites (tertiary alicyclic amines) is 1. The van der Waals surface area contributed by atoms with Gasteiger partial charge < -0.3 is 14.8 Å². The van der Waals surface area contributed by atoms with E-state index in [9.17, 15) is 0 Å². The Morgan fingerprint density at radius 1 is 1.41 bits per heavy atom. The van der Waals surface area contributed by atoms with E-state index in [4.69, 9.17) is 9.47 Å². The van der Waals surface area contributed by atoms with Gasteiger partial charge in [-0.25, -0.2) is 0 Å². The van der Waals surface area contributed by atoms with Crippen molar-refractivity contribution < 1.29 is 9.47 Å². The lowest BCUT2D eigenvalue weighted by atomic mass is 9.98. The topological polar surface area (TPSA) is 33.7 Å². The fourth-order valence-corrected chi connectivity index (χ4v) is 2.33. The Labute approximate surface area is 106 Å². The van der Waals surface area contributed by atoms with Crippen molar-refractivity contribution in [1.29, 1.82) is 0 Å². The zero-order valence-corrected chi connectivity index (χ0v) is 12.0. The second-order valence-corrected chi connectivity index (χ2v) is 5.32. The van der Waals surface area contributed by atoms with Crippen LogP contribution in [0.15, 0.2) is 0 Å². The Morgan fingerprint density at radius 2 is 2.12 bits per heavy atom. The molecule has 1 rings (SSSR count). The summed E-state index contributed by atoms with van der Waals surface area (Å²) in [7, 11) is 3.58. The molecule has 0 aromatic rings. The Balaban J connectivity index is 2.50. The van der Waals surface area contributed by atoms with Gasteiger partial charge in [-0.15, -0.1) is 0 Å². The zero-order valence-electron chi connectivity index (χ0n) is 12.0. The highest BCUT2D eigenvalue weighted by atomic mass is 16.5. The molecule has 1 fully saturated rings. The molecule has 4 nitrogen and oxygen atoms in total. The molecule has 1 saturated heterocycles. The van der Waals surface area contributed by atoms with Crippen molar-refractivity contribution in [2.24, 2.45) is 0 Å². The van der Waals surface area contributed by atoms with Crippen molar-refractivity contribution in [2.45, 2.75) is 44.9 Å². The molecule has 102 valence electrons. The average molecular weight is 244 g/mol. The zero-order chi connectivity index (χ0) is 12.9. The molecule has 4 heteroatoms. The summed E-state index contributed by atoms with van der Waals surface area (Å²) in [5.74, 6) is 0. The van der Waals surface area contributed by atoms with Crippen LogP contribution in [0.2, 0.25) is 0 Å². The first-order valence-electron chi connectivity index (χ1n) is 6.57. The Morgan fingerprint density at radius 3 is 2.59 bits per heavy atom. The highest BCUT2D eigenvalue weighted by Crippen LogP contribution is 2.18. The number of hydrogen-bond acceptors (Lipinski definition) is 4. The van der Waals surface area contributed by atoms with Crippen LogP contribution in [0.5, 0.6) is 0 Å². The normalized spacial score (nSPS) is 24.2. The maximum atomic E-state index is 5.60. The van der Waals surface area contributed by atoms with Gasteiger partial charge in [0.05, 0.1) is 11.7 Å². The number of likely N-dealkylation sites (N-methyl/N-ethyl adjacent to an activating group) is 1. The molecular weight excluding hydrogens is 216 g/mol. The van der Waals surface area contributed by atoms with Crippen LogP contribution < -0.4 is 5.32 Å². The molecule has 2 unspecified atom stereocenters. The summed E-state index contributed by atoms with van der Waals surface area (Å²) in [4.78, 5) is 2.46. The number of nitrogens with one attached hydrogen (secondary N) is 1. The van der Waals surface area contributed by atoms with Crippen molar-refractivity contribution >= 4 is 0 Å². The fourth-order valence-electron chi connectivity index (χ4n) is 2.33. The molecule has 0 bridgehead atoms. The van der Waals surface area contributed by atoms with Gasteiger partial charge >= 0.3 is 0 Å². The summed E-state index contributed by atoms with van der Waals surface area (Å²) < 4.78 is 11.0. The lowest BCUT2D eigenvalue weighted by molar-refractivity contribution is -0.0188. The lowest BCUT2D eigenvalue weighted by Crippen LogP contribution is -2.54. The molecule has 1 heterocycles. The van der Waals surface area contributed by atoms with E-state index in [0.29, 0.717) is 12.1 Å². The smallest absolute Gasteiger partial charge is 0.0787 e. The van der Waals surface area contributed by atoms with Gasteiger partial charge in [0, 0.05) is 39.9 Å². The summed E-state index contributed by atoms with van der Waals surface area (Å²) in [6.45, 7) is 10.6. The number of rotatable bonds is 7. The summed E-state index contributed by atoms with van der Waals surface area (Å²) in [5, 5.41) is 3.53. The van der Waals surface area contributed by atoms with E-state index in [0.717, 1.165) is 32.6 Å². The molecule has 0 radical (unpaired) electrons. The van der Waals surface area contributed by atoms with E-state index in [1.165, 1.54) is 0 Å². The first-order valence-corrected chi connectivity index (χ1v) is 6.57. The van der Waals surface area contributed by atoms with Crippen LogP contribution in [0.1, 0.15) is 27.2 Å². The Kier molecular flexibility index (Phi) is 5.86. The second kappa shape index (κ2) is 6.69. The largest absolute Gasteiger partial charge is 0.380 e. The monoisotopic (exact) mass is 244 g/mol. The predicted octanol–water partition coefficient (Wildman–Crippen LogP) is 1.11. The number of ether oxygens (including phenoxy) is 2. The van der Waals surface area contributed by atoms with Crippen LogP contribution in [0.4, 0.5) is 0 Å². The highest BCUT2D eigenvalue weighted by molar-refractivity contribution is 4.90. The van der Waals surface area contributed by atoms with Gasteiger partial charge in [-0.1, -0.05) is 6.92 Å². The number of methoxy groups -OCH3 is 2. The summed E-state index contributed by atoms with van der Waals surface area (Å²) in [6.07, 6.45) is 1.55. The van der Waals surface area contributed by atoms with Crippen molar-refractivity contribution in [3.8, 4) is 0 Å². The molecule has 0 aromatic carbocycles. The van der Waals surface area contributed by atoms with Crippen LogP contribution in [0, 0.1) is 0 Å². The van der Waals surface area contributed by atoms with E-state index in [2.05, 4.69) is 31.0 Å². The third kappa shape index (κ3) is 4.21. The van der Waals surface area contributed by atoms with Crippen LogP contribution in [0.25, 0.3) is 0 Å². The van der Waals surface area contributed by atoms with Gasteiger partial charge in [0.1, 0.15) is 0 Å². The Bertz CT molecular complexity index is 221. The maximum absolute atomic E-state index is 5.60. The molecule has 1 N–H and O–H groups in total. The first-order chi connectivity index (χ1) is 8.03. The van der Waals surface area contributed by atoms with Crippen LogP contribution >= 0.6 is 0 Å². The van der Waals surface area contributed by atoms with E-state index in [-0.39, 0.29) is 5.60 Å². The van der Waals surface area contributed by atoms with E-state index in [1.807, 2.05) is 0 Å². The van der Waals surface area contributed by atoms with Crippen molar-refractivity contribution in [3.05, 3.63) is 0 Å². The summed E-state index contributed by atoms with van der Waals surface area (Å²) >= 11 is 0. The van der Waals surface area contributed by atoms with E-state index in [1.54, 1.807) is 14.2 Å². The maximum Gasteiger partial charge on any atom is 0.0787 e. The van der Waals surface area contributed by atoms with Gasteiger partial charge in [0.15, 0.2) is 0 Å². The van der Waals surface area contributed by atoms with E-state index >= 15 is 0 Å². The minimum absolute atomic E-state index is 0.138.